The fourth-order valence-electron chi connectivity index (χ4n) is 2.14. The Kier molecular flexibility index (Phi) is 1.92. The van der Waals surface area contributed by atoms with Gasteiger partial charge >= 0.3 is 0 Å². The Morgan fingerprint density at radius 2 is 2.33 bits per heavy atom. The van der Waals surface area contributed by atoms with Crippen LogP contribution in [0.2, 0.25) is 0 Å². The van der Waals surface area contributed by atoms with Gasteiger partial charge in [0.25, 0.3) is 0 Å². The molecule has 76 valence electrons. The molecule has 0 aromatic carbocycles. The quantitative estimate of drug-likeness (QED) is 0.734. The van der Waals surface area contributed by atoms with Gasteiger partial charge in [0.05, 0.1) is 4.47 Å². The van der Waals surface area contributed by atoms with Gasteiger partial charge in [-0.1, -0.05) is 0 Å². The maximum Gasteiger partial charge on any atom is 0.180 e. The van der Waals surface area contributed by atoms with Crippen LogP contribution in [0.25, 0.3) is 11.0 Å². The third-order valence-electron chi connectivity index (χ3n) is 2.81. The van der Waals surface area contributed by atoms with E-state index in [1.165, 1.54) is 0 Å². The van der Waals surface area contributed by atoms with E-state index in [2.05, 4.69) is 20.9 Å². The van der Waals surface area contributed by atoms with Crippen molar-refractivity contribution in [1.29, 1.82) is 0 Å². The number of ketones is 1. The highest BCUT2D eigenvalue weighted by molar-refractivity contribution is 9.10. The summed E-state index contributed by atoms with van der Waals surface area (Å²) in [6.45, 7) is 0.889. The highest BCUT2D eigenvalue weighted by Crippen LogP contribution is 2.33. The second-order valence-electron chi connectivity index (χ2n) is 3.72. The minimum absolute atomic E-state index is 0.214. The van der Waals surface area contributed by atoms with E-state index in [1.807, 2.05) is 16.7 Å². The lowest BCUT2D eigenvalue weighted by atomic mass is 10.1. The Bertz CT molecular complexity index is 559. The zero-order valence-corrected chi connectivity index (χ0v) is 9.62. The number of aromatic nitrogens is 2. The maximum absolute atomic E-state index is 11.8. The number of aryl methyl sites for hydroxylation is 1. The van der Waals surface area contributed by atoms with Crippen LogP contribution in [0.1, 0.15) is 23.3 Å². The van der Waals surface area contributed by atoms with Gasteiger partial charge in [0.2, 0.25) is 0 Å². The van der Waals surface area contributed by atoms with E-state index < -0.39 is 0 Å². The molecule has 0 unspecified atom stereocenters. The number of halogens is 1. The minimum Gasteiger partial charge on any atom is -0.322 e. The fraction of sp³-hybridized carbons (Fsp3) is 0.273. The number of nitrogens with zero attached hydrogens (tertiary/aromatic N) is 2. The zero-order chi connectivity index (χ0) is 10.4. The average molecular weight is 265 g/mol. The van der Waals surface area contributed by atoms with Crippen molar-refractivity contribution < 1.29 is 4.79 Å². The molecule has 3 nitrogen and oxygen atoms in total. The van der Waals surface area contributed by atoms with Crippen LogP contribution in [0.4, 0.5) is 0 Å². The first-order valence-corrected chi connectivity index (χ1v) is 5.74. The van der Waals surface area contributed by atoms with E-state index in [4.69, 9.17) is 0 Å². The molecule has 15 heavy (non-hydrogen) atoms. The summed E-state index contributed by atoms with van der Waals surface area (Å²) < 4.78 is 2.92. The van der Waals surface area contributed by atoms with Gasteiger partial charge in [0, 0.05) is 24.5 Å². The third kappa shape index (κ3) is 1.17. The summed E-state index contributed by atoms with van der Waals surface area (Å²) in [7, 11) is 0. The molecule has 4 heteroatoms. The summed E-state index contributed by atoms with van der Waals surface area (Å²) >= 11 is 3.50. The molecule has 0 saturated carbocycles. The normalized spacial score (nSPS) is 15.7. The van der Waals surface area contributed by atoms with Crippen molar-refractivity contribution in [3.05, 3.63) is 28.5 Å². The van der Waals surface area contributed by atoms with Crippen LogP contribution >= 0.6 is 15.9 Å². The summed E-state index contributed by atoms with van der Waals surface area (Å²) in [6.07, 6.45) is 3.33. The van der Waals surface area contributed by atoms with Crippen molar-refractivity contribution in [2.45, 2.75) is 19.4 Å². The molecule has 0 saturated heterocycles. The van der Waals surface area contributed by atoms with Crippen LogP contribution < -0.4 is 0 Å². The monoisotopic (exact) mass is 264 g/mol. The van der Waals surface area contributed by atoms with Crippen LogP contribution in [0.5, 0.6) is 0 Å². The van der Waals surface area contributed by atoms with Gasteiger partial charge in [-0.25, -0.2) is 4.98 Å². The van der Waals surface area contributed by atoms with Gasteiger partial charge in [-0.3, -0.25) is 4.79 Å². The highest BCUT2D eigenvalue weighted by Gasteiger charge is 2.24. The summed E-state index contributed by atoms with van der Waals surface area (Å²) in [4.78, 5) is 16.1. The second kappa shape index (κ2) is 3.17. The smallest absolute Gasteiger partial charge is 0.180 e. The molecule has 0 atom stereocenters. The van der Waals surface area contributed by atoms with E-state index in [0.29, 0.717) is 6.42 Å². The minimum atomic E-state index is 0.214. The first kappa shape index (κ1) is 9.09. The lowest BCUT2D eigenvalue weighted by Crippen LogP contribution is -2.16. The molecule has 0 radical (unpaired) electrons. The molecule has 2 aromatic rings. The second-order valence-corrected chi connectivity index (χ2v) is 4.51. The van der Waals surface area contributed by atoms with E-state index in [0.717, 1.165) is 34.2 Å². The molecule has 3 heterocycles. The predicted molar refractivity (Wildman–Crippen MR) is 61.0 cm³/mol. The molecule has 0 fully saturated rings. The molecule has 1 aliphatic rings. The Morgan fingerprint density at radius 1 is 1.47 bits per heavy atom. The van der Waals surface area contributed by atoms with Crippen LogP contribution in [-0.4, -0.2) is 15.3 Å². The van der Waals surface area contributed by atoms with Gasteiger partial charge < -0.3 is 4.57 Å². The van der Waals surface area contributed by atoms with Crippen molar-refractivity contribution in [1.82, 2.24) is 9.55 Å². The Morgan fingerprint density at radius 3 is 3.20 bits per heavy atom. The first-order chi connectivity index (χ1) is 7.29. The third-order valence-corrected chi connectivity index (χ3v) is 3.61. The number of hydrogen-bond donors (Lipinski definition) is 0. The molecular formula is C11H9BrN2O. The number of pyridine rings is 1. The van der Waals surface area contributed by atoms with E-state index >= 15 is 0 Å². The van der Waals surface area contributed by atoms with Crippen molar-refractivity contribution in [2.24, 2.45) is 0 Å². The molecular weight excluding hydrogens is 256 g/mol. The average Bonchev–Trinajstić information content (AvgIpc) is 2.55. The van der Waals surface area contributed by atoms with Gasteiger partial charge in [-0.05, 0) is 34.5 Å². The topological polar surface area (TPSA) is 34.9 Å². The van der Waals surface area contributed by atoms with Gasteiger partial charge in [-0.15, -0.1) is 0 Å². The van der Waals surface area contributed by atoms with Gasteiger partial charge in [0.15, 0.2) is 5.78 Å². The largest absolute Gasteiger partial charge is 0.322 e. The summed E-state index contributed by atoms with van der Waals surface area (Å²) in [5, 5.41) is 1.03. The van der Waals surface area contributed by atoms with E-state index in [-0.39, 0.29) is 5.78 Å². The zero-order valence-electron chi connectivity index (χ0n) is 8.03. The van der Waals surface area contributed by atoms with Crippen LogP contribution in [0, 0.1) is 0 Å². The highest BCUT2D eigenvalue weighted by atomic mass is 79.9. The molecule has 0 aliphatic carbocycles. The molecule has 3 rings (SSSR count). The van der Waals surface area contributed by atoms with Gasteiger partial charge in [0.1, 0.15) is 11.3 Å². The first-order valence-electron chi connectivity index (χ1n) is 4.95. The number of rotatable bonds is 0. The molecule has 2 aromatic heterocycles. The van der Waals surface area contributed by atoms with Crippen LogP contribution in [0.15, 0.2) is 22.8 Å². The van der Waals surface area contributed by atoms with Gasteiger partial charge in [-0.2, -0.15) is 0 Å². The van der Waals surface area contributed by atoms with Crippen molar-refractivity contribution in [3.8, 4) is 0 Å². The summed E-state index contributed by atoms with van der Waals surface area (Å²) in [6, 6.07) is 3.88. The molecule has 0 spiro atoms. The van der Waals surface area contributed by atoms with Crippen LogP contribution in [-0.2, 0) is 6.54 Å². The van der Waals surface area contributed by atoms with Crippen LogP contribution in [0.3, 0.4) is 0 Å². The molecule has 0 bridgehead atoms. The Labute approximate surface area is 95.2 Å². The van der Waals surface area contributed by atoms with Crippen molar-refractivity contribution in [2.75, 3.05) is 0 Å². The number of fused-ring (bicyclic) bond motifs is 3. The fourth-order valence-corrected chi connectivity index (χ4v) is 2.89. The predicted octanol–water partition coefficient (Wildman–Crippen LogP) is 2.78. The SMILES string of the molecule is O=C1CCCn2c1c(Br)c1cccnc12. The number of hydrogen-bond acceptors (Lipinski definition) is 2. The Balaban J connectivity index is 2.45. The lowest BCUT2D eigenvalue weighted by Gasteiger charge is -2.14. The number of Topliss-reactive ketones (excluding diaryl/α,β-unsaturated/α-hetero) is 1. The molecule has 1 aliphatic heterocycles. The number of carbonyl (C=O) groups excluding carboxylic acids is 1. The van der Waals surface area contributed by atoms with E-state index in [9.17, 15) is 4.79 Å². The summed E-state index contributed by atoms with van der Waals surface area (Å²) in [5.74, 6) is 0.214. The Hall–Kier alpha value is -1.16. The van der Waals surface area contributed by atoms with Crippen molar-refractivity contribution in [3.63, 3.8) is 0 Å². The molecule has 0 amide bonds. The maximum atomic E-state index is 11.8. The van der Waals surface area contributed by atoms with E-state index in [1.54, 1.807) is 6.20 Å². The van der Waals surface area contributed by atoms with Crippen molar-refractivity contribution >= 4 is 32.7 Å². The summed E-state index contributed by atoms with van der Waals surface area (Å²) in [5.41, 5.74) is 1.70. The lowest BCUT2D eigenvalue weighted by molar-refractivity contribution is 0.0955. The standard InChI is InChI=1S/C11H9BrN2O/c12-9-7-3-1-5-13-11(7)14-6-2-4-8(15)10(9)14/h1,3,5H,2,4,6H2. The molecule has 0 N–H and O–H groups in total. The number of carbonyl (C=O) groups is 1.